The molecule has 0 saturated carbocycles. The Kier molecular flexibility index (Phi) is 5.58. The molecule has 3 rings (SSSR count). The normalized spacial score (nSPS) is 18.0. The largest absolute Gasteiger partial charge is 0.334 e. The van der Waals surface area contributed by atoms with E-state index in [1.807, 2.05) is 56.9 Å². The van der Waals surface area contributed by atoms with Gasteiger partial charge in [0.1, 0.15) is 11.9 Å². The van der Waals surface area contributed by atoms with Gasteiger partial charge in [0, 0.05) is 29.3 Å². The molecule has 0 aliphatic carbocycles. The average Bonchev–Trinajstić information content (AvgIpc) is 2.77. The third-order valence-electron chi connectivity index (χ3n) is 4.21. The summed E-state index contributed by atoms with van der Waals surface area (Å²) in [4.78, 5) is 29.6. The summed E-state index contributed by atoms with van der Waals surface area (Å²) in [5, 5.41) is 1.77. The molecule has 1 aliphatic rings. The third kappa shape index (κ3) is 4.22. The Morgan fingerprint density at radius 3 is 2.69 bits per heavy atom. The molecule has 2 aromatic rings. The van der Waals surface area contributed by atoms with Gasteiger partial charge in [0.2, 0.25) is 0 Å². The van der Waals surface area contributed by atoms with Crippen molar-refractivity contribution in [2.75, 3.05) is 24.7 Å². The molecule has 2 heterocycles. The number of benzene rings is 1. The van der Waals surface area contributed by atoms with Crippen molar-refractivity contribution >= 4 is 27.7 Å². The van der Waals surface area contributed by atoms with Crippen LogP contribution in [0.4, 0.5) is 5.82 Å². The zero-order valence-corrected chi connectivity index (χ0v) is 17.1. The summed E-state index contributed by atoms with van der Waals surface area (Å²) in [5.74, 6) is 1.44. The van der Waals surface area contributed by atoms with Gasteiger partial charge in [-0.25, -0.2) is 15.0 Å². The van der Waals surface area contributed by atoms with Crippen LogP contribution in [0.5, 0.6) is 0 Å². The number of carbonyl (C=O) groups excluding carboxylic acids is 1. The number of halogens is 1. The number of amides is 1. The van der Waals surface area contributed by atoms with Gasteiger partial charge in [-0.2, -0.15) is 0 Å². The highest BCUT2D eigenvalue weighted by atomic mass is 79.9. The van der Waals surface area contributed by atoms with E-state index in [9.17, 15) is 4.79 Å². The molecule has 6 nitrogen and oxygen atoms in total. The quantitative estimate of drug-likeness (QED) is 0.747. The fourth-order valence-electron chi connectivity index (χ4n) is 3.07. The lowest BCUT2D eigenvalue weighted by Crippen LogP contribution is -2.37. The first-order valence-electron chi connectivity index (χ1n) is 8.65. The van der Waals surface area contributed by atoms with Gasteiger partial charge < -0.3 is 4.90 Å². The number of aryl methyl sites for hydroxylation is 3. The number of hydrogen-bond donors (Lipinski definition) is 0. The van der Waals surface area contributed by atoms with Crippen LogP contribution in [0.3, 0.4) is 0 Å². The summed E-state index contributed by atoms with van der Waals surface area (Å²) >= 11 is 3.49. The monoisotopic (exact) mass is 418 g/mol. The van der Waals surface area contributed by atoms with Crippen LogP contribution in [-0.2, 0) is 4.84 Å². The fourth-order valence-corrected chi connectivity index (χ4v) is 3.48. The lowest BCUT2D eigenvalue weighted by atomic mass is 10.1. The number of hydrogen-bond acceptors (Lipinski definition) is 5. The molecule has 1 amide bonds. The summed E-state index contributed by atoms with van der Waals surface area (Å²) in [6.45, 7) is 9.39. The Morgan fingerprint density at radius 1 is 1.19 bits per heavy atom. The van der Waals surface area contributed by atoms with Crippen LogP contribution in [0, 0.1) is 20.8 Å². The zero-order valence-electron chi connectivity index (χ0n) is 15.5. The SMILES string of the molecule is Cc1ccc(Br)c(C(=O)N2CCN(c3cc(C)nc(C)n3)O[C@@H](C)C2)c1. The van der Waals surface area contributed by atoms with Gasteiger partial charge >= 0.3 is 0 Å². The number of anilines is 1. The van der Waals surface area contributed by atoms with Gasteiger partial charge in [-0.1, -0.05) is 11.6 Å². The van der Waals surface area contributed by atoms with Crippen molar-refractivity contribution in [2.45, 2.75) is 33.8 Å². The number of aromatic nitrogens is 2. The fraction of sp³-hybridized carbons (Fsp3) is 0.421. The van der Waals surface area contributed by atoms with Crippen molar-refractivity contribution in [1.82, 2.24) is 14.9 Å². The van der Waals surface area contributed by atoms with Crippen molar-refractivity contribution < 1.29 is 9.63 Å². The molecule has 0 bridgehead atoms. The molecule has 26 heavy (non-hydrogen) atoms. The highest BCUT2D eigenvalue weighted by Gasteiger charge is 2.27. The highest BCUT2D eigenvalue weighted by Crippen LogP contribution is 2.22. The van der Waals surface area contributed by atoms with Gasteiger partial charge in [-0.15, -0.1) is 0 Å². The molecular formula is C19H23BrN4O2. The van der Waals surface area contributed by atoms with Gasteiger partial charge in [0.05, 0.1) is 12.1 Å². The van der Waals surface area contributed by atoms with Crippen LogP contribution >= 0.6 is 15.9 Å². The second-order valence-electron chi connectivity index (χ2n) is 6.67. The standard InChI is InChI=1S/C19H23BrN4O2/c1-12-5-6-17(20)16(9-12)19(25)23-7-8-24(26-14(3)11-23)18-10-13(2)21-15(4)22-18/h5-6,9-10,14H,7-8,11H2,1-4H3/t14-/m0/s1. The predicted molar refractivity (Wildman–Crippen MR) is 104 cm³/mol. The Hall–Kier alpha value is -1.99. The Morgan fingerprint density at radius 2 is 1.96 bits per heavy atom. The minimum absolute atomic E-state index is 0.00734. The maximum atomic E-state index is 13.0. The van der Waals surface area contributed by atoms with Crippen molar-refractivity contribution in [1.29, 1.82) is 0 Å². The lowest BCUT2D eigenvalue weighted by Gasteiger charge is -2.22. The predicted octanol–water partition coefficient (Wildman–Crippen LogP) is 3.45. The number of nitrogens with zero attached hydrogens (tertiary/aromatic N) is 4. The molecule has 0 radical (unpaired) electrons. The molecule has 7 heteroatoms. The Balaban J connectivity index is 1.80. The van der Waals surface area contributed by atoms with Crippen LogP contribution in [0.25, 0.3) is 0 Å². The van der Waals surface area contributed by atoms with E-state index in [-0.39, 0.29) is 12.0 Å². The van der Waals surface area contributed by atoms with Crippen molar-refractivity contribution in [3.05, 3.63) is 51.4 Å². The van der Waals surface area contributed by atoms with E-state index in [2.05, 4.69) is 25.9 Å². The van der Waals surface area contributed by atoms with Gasteiger partial charge in [-0.05, 0) is 55.8 Å². The Labute approximate surface area is 162 Å². The molecule has 0 unspecified atom stereocenters. The van der Waals surface area contributed by atoms with Crippen LogP contribution in [-0.4, -0.2) is 46.5 Å². The highest BCUT2D eigenvalue weighted by molar-refractivity contribution is 9.10. The molecular weight excluding hydrogens is 396 g/mol. The van der Waals surface area contributed by atoms with Crippen LogP contribution in [0.2, 0.25) is 0 Å². The topological polar surface area (TPSA) is 58.6 Å². The minimum Gasteiger partial charge on any atom is -0.334 e. The van der Waals surface area contributed by atoms with Crippen molar-refractivity contribution in [3.63, 3.8) is 0 Å². The van der Waals surface area contributed by atoms with E-state index in [1.165, 1.54) is 0 Å². The molecule has 1 saturated heterocycles. The second-order valence-corrected chi connectivity index (χ2v) is 7.52. The minimum atomic E-state index is -0.138. The van der Waals surface area contributed by atoms with E-state index in [1.54, 1.807) is 5.06 Å². The van der Waals surface area contributed by atoms with Crippen LogP contribution in [0.15, 0.2) is 28.7 Å². The summed E-state index contributed by atoms with van der Waals surface area (Å²) in [6.07, 6.45) is -0.138. The van der Waals surface area contributed by atoms with E-state index in [0.717, 1.165) is 21.5 Å². The summed E-state index contributed by atoms with van der Waals surface area (Å²) in [5.41, 5.74) is 2.63. The van der Waals surface area contributed by atoms with Crippen LogP contribution in [0.1, 0.15) is 34.4 Å². The third-order valence-corrected chi connectivity index (χ3v) is 4.90. The molecule has 1 aliphatic heterocycles. The Bertz CT molecular complexity index is 807. The molecule has 0 N–H and O–H groups in total. The average molecular weight is 419 g/mol. The molecule has 1 aromatic heterocycles. The first kappa shape index (κ1) is 18.8. The molecule has 1 fully saturated rings. The van der Waals surface area contributed by atoms with E-state index in [0.29, 0.717) is 31.0 Å². The number of carbonyl (C=O) groups is 1. The first-order chi connectivity index (χ1) is 12.3. The maximum Gasteiger partial charge on any atom is 0.255 e. The second kappa shape index (κ2) is 7.72. The molecule has 0 spiro atoms. The van der Waals surface area contributed by atoms with Gasteiger partial charge in [-0.3, -0.25) is 9.63 Å². The lowest BCUT2D eigenvalue weighted by molar-refractivity contribution is 0.0422. The molecule has 138 valence electrons. The van der Waals surface area contributed by atoms with E-state index < -0.39 is 0 Å². The van der Waals surface area contributed by atoms with Gasteiger partial charge in [0.15, 0.2) is 5.82 Å². The number of hydroxylamine groups is 1. The molecule has 1 aromatic carbocycles. The van der Waals surface area contributed by atoms with Crippen LogP contribution < -0.4 is 5.06 Å². The summed E-state index contributed by atoms with van der Waals surface area (Å²) in [7, 11) is 0. The number of rotatable bonds is 2. The first-order valence-corrected chi connectivity index (χ1v) is 9.45. The van der Waals surface area contributed by atoms with Gasteiger partial charge in [0.25, 0.3) is 5.91 Å². The zero-order chi connectivity index (χ0) is 18.8. The van der Waals surface area contributed by atoms with Crippen molar-refractivity contribution in [2.24, 2.45) is 0 Å². The van der Waals surface area contributed by atoms with Crippen molar-refractivity contribution in [3.8, 4) is 0 Å². The van der Waals surface area contributed by atoms with E-state index in [4.69, 9.17) is 4.84 Å². The maximum absolute atomic E-state index is 13.0. The summed E-state index contributed by atoms with van der Waals surface area (Å²) in [6, 6.07) is 7.71. The smallest absolute Gasteiger partial charge is 0.255 e. The molecule has 1 atom stereocenters. The summed E-state index contributed by atoms with van der Waals surface area (Å²) < 4.78 is 0.810. The van der Waals surface area contributed by atoms with E-state index >= 15 is 0 Å².